The second kappa shape index (κ2) is 2.87. The van der Waals surface area contributed by atoms with Crippen molar-refractivity contribution in [1.82, 2.24) is 14.5 Å². The number of aromatic nitrogens is 2. The van der Waals surface area contributed by atoms with Gasteiger partial charge in [0.1, 0.15) is 5.82 Å². The van der Waals surface area contributed by atoms with Crippen molar-refractivity contribution in [3.63, 3.8) is 0 Å². The van der Waals surface area contributed by atoms with Gasteiger partial charge in [-0.15, -0.1) is 0 Å². The van der Waals surface area contributed by atoms with Crippen molar-refractivity contribution in [3.8, 4) is 0 Å². The van der Waals surface area contributed by atoms with Gasteiger partial charge in [-0.1, -0.05) is 0 Å². The van der Waals surface area contributed by atoms with Crippen LogP contribution in [0.15, 0.2) is 6.20 Å². The smallest absolute Gasteiger partial charge is 0.229 e. The molecule has 0 spiro atoms. The van der Waals surface area contributed by atoms with Gasteiger partial charge in [-0.2, -0.15) is 0 Å². The fraction of sp³-hybridized carbons (Fsp3) is 0.556. The SMILES string of the molecule is Cc1cn2c(n1)CC(=O)N(C)CC2. The molecule has 4 nitrogen and oxygen atoms in total. The lowest BCUT2D eigenvalue weighted by atomic mass is 10.4. The lowest BCUT2D eigenvalue weighted by Gasteiger charge is -2.12. The molecule has 1 amide bonds. The number of hydrogen-bond acceptors (Lipinski definition) is 2. The van der Waals surface area contributed by atoms with Gasteiger partial charge in [0.05, 0.1) is 12.1 Å². The van der Waals surface area contributed by atoms with Crippen LogP contribution in [0.4, 0.5) is 0 Å². The fourth-order valence-corrected chi connectivity index (χ4v) is 1.58. The first kappa shape index (κ1) is 8.29. The Balaban J connectivity index is 2.33. The maximum absolute atomic E-state index is 11.5. The molecule has 2 heterocycles. The minimum atomic E-state index is 0.157. The van der Waals surface area contributed by atoms with Crippen LogP contribution >= 0.6 is 0 Å². The predicted molar refractivity (Wildman–Crippen MR) is 48.3 cm³/mol. The van der Waals surface area contributed by atoms with Gasteiger partial charge in [-0.25, -0.2) is 4.98 Å². The monoisotopic (exact) mass is 179 g/mol. The quantitative estimate of drug-likeness (QED) is 0.571. The molecule has 0 aliphatic carbocycles. The molecule has 70 valence electrons. The molecule has 0 N–H and O–H groups in total. The van der Waals surface area contributed by atoms with Crippen molar-refractivity contribution in [2.24, 2.45) is 0 Å². The summed E-state index contributed by atoms with van der Waals surface area (Å²) in [6, 6.07) is 0. The average molecular weight is 179 g/mol. The van der Waals surface area contributed by atoms with Crippen LogP contribution in [0, 0.1) is 6.92 Å². The molecule has 0 radical (unpaired) electrons. The van der Waals surface area contributed by atoms with E-state index in [4.69, 9.17) is 0 Å². The molecule has 1 aromatic heterocycles. The number of hydrogen-bond donors (Lipinski definition) is 0. The normalized spacial score (nSPS) is 17.1. The van der Waals surface area contributed by atoms with E-state index in [0.717, 1.165) is 24.6 Å². The first-order chi connectivity index (χ1) is 6.16. The second-order valence-corrected chi connectivity index (χ2v) is 3.48. The summed E-state index contributed by atoms with van der Waals surface area (Å²) < 4.78 is 2.07. The first-order valence-electron chi connectivity index (χ1n) is 4.43. The van der Waals surface area contributed by atoms with Gasteiger partial charge in [-0.05, 0) is 6.92 Å². The molecular formula is C9H13N3O. The van der Waals surface area contributed by atoms with Gasteiger partial charge in [0.25, 0.3) is 0 Å². The Morgan fingerprint density at radius 2 is 2.23 bits per heavy atom. The number of nitrogens with zero attached hydrogens (tertiary/aromatic N) is 3. The van der Waals surface area contributed by atoms with E-state index in [2.05, 4.69) is 9.55 Å². The van der Waals surface area contributed by atoms with E-state index in [9.17, 15) is 4.79 Å². The number of aryl methyl sites for hydroxylation is 1. The van der Waals surface area contributed by atoms with Crippen molar-refractivity contribution in [2.75, 3.05) is 13.6 Å². The molecule has 0 fully saturated rings. The molecule has 0 bridgehead atoms. The molecular weight excluding hydrogens is 166 g/mol. The zero-order valence-electron chi connectivity index (χ0n) is 7.95. The largest absolute Gasteiger partial charge is 0.344 e. The third-order valence-corrected chi connectivity index (χ3v) is 2.39. The van der Waals surface area contributed by atoms with Gasteiger partial charge >= 0.3 is 0 Å². The zero-order chi connectivity index (χ0) is 9.42. The number of likely N-dealkylation sites (N-methyl/N-ethyl adjacent to an activating group) is 1. The van der Waals surface area contributed by atoms with Crippen LogP contribution in [0.1, 0.15) is 11.5 Å². The van der Waals surface area contributed by atoms with Crippen LogP contribution < -0.4 is 0 Å². The van der Waals surface area contributed by atoms with Gasteiger partial charge < -0.3 is 9.47 Å². The number of rotatable bonds is 0. The molecule has 0 aromatic carbocycles. The van der Waals surface area contributed by atoms with Crippen LogP contribution in [-0.4, -0.2) is 34.0 Å². The maximum Gasteiger partial charge on any atom is 0.229 e. The van der Waals surface area contributed by atoms with Gasteiger partial charge in [0, 0.05) is 26.3 Å². The number of fused-ring (bicyclic) bond motifs is 1. The van der Waals surface area contributed by atoms with E-state index in [-0.39, 0.29) is 5.91 Å². The van der Waals surface area contributed by atoms with Crippen molar-refractivity contribution < 1.29 is 4.79 Å². The minimum Gasteiger partial charge on any atom is -0.344 e. The third kappa shape index (κ3) is 1.43. The Bertz CT molecular complexity index is 343. The Kier molecular flexibility index (Phi) is 1.83. The van der Waals surface area contributed by atoms with Crippen molar-refractivity contribution in [1.29, 1.82) is 0 Å². The summed E-state index contributed by atoms with van der Waals surface area (Å²) in [5, 5.41) is 0. The van der Waals surface area contributed by atoms with E-state index < -0.39 is 0 Å². The van der Waals surface area contributed by atoms with Crippen LogP contribution in [0.2, 0.25) is 0 Å². The Labute approximate surface area is 77.2 Å². The Morgan fingerprint density at radius 3 is 3.00 bits per heavy atom. The summed E-state index contributed by atoms with van der Waals surface area (Å²) in [4.78, 5) is 17.5. The van der Waals surface area contributed by atoms with Crippen molar-refractivity contribution in [2.45, 2.75) is 19.9 Å². The second-order valence-electron chi connectivity index (χ2n) is 3.48. The predicted octanol–water partition coefficient (Wildman–Crippen LogP) is 0.206. The topological polar surface area (TPSA) is 38.1 Å². The molecule has 1 aliphatic heterocycles. The summed E-state index contributed by atoms with van der Waals surface area (Å²) in [6.45, 7) is 3.59. The number of amides is 1. The van der Waals surface area contributed by atoms with E-state index >= 15 is 0 Å². The molecule has 1 aromatic rings. The summed E-state index contributed by atoms with van der Waals surface area (Å²) in [7, 11) is 1.83. The molecule has 13 heavy (non-hydrogen) atoms. The van der Waals surface area contributed by atoms with Crippen LogP contribution in [0.25, 0.3) is 0 Å². The van der Waals surface area contributed by atoms with Crippen LogP contribution in [0.5, 0.6) is 0 Å². The molecule has 0 unspecified atom stereocenters. The van der Waals surface area contributed by atoms with E-state index in [1.54, 1.807) is 4.90 Å². The highest BCUT2D eigenvalue weighted by atomic mass is 16.2. The number of carbonyl (C=O) groups is 1. The van der Waals surface area contributed by atoms with Crippen molar-refractivity contribution >= 4 is 5.91 Å². The van der Waals surface area contributed by atoms with Gasteiger partial charge in [0.2, 0.25) is 5.91 Å². The van der Waals surface area contributed by atoms with E-state index in [0.29, 0.717) is 6.42 Å². The average Bonchev–Trinajstić information content (AvgIpc) is 2.36. The molecule has 0 saturated heterocycles. The minimum absolute atomic E-state index is 0.157. The Morgan fingerprint density at radius 1 is 1.46 bits per heavy atom. The molecule has 2 rings (SSSR count). The lowest BCUT2D eigenvalue weighted by molar-refractivity contribution is -0.128. The maximum atomic E-state index is 11.5. The standard InChI is InChI=1S/C9H13N3O/c1-7-6-12-4-3-11(2)9(13)5-8(12)10-7/h6H,3-5H2,1-2H3. The van der Waals surface area contributed by atoms with Crippen LogP contribution in [0.3, 0.4) is 0 Å². The molecule has 1 aliphatic rings. The summed E-state index contributed by atoms with van der Waals surface area (Å²) in [5.41, 5.74) is 0.993. The molecule has 4 heteroatoms. The van der Waals surface area contributed by atoms with Gasteiger partial charge in [0.15, 0.2) is 0 Å². The summed E-state index contributed by atoms with van der Waals surface area (Å²) >= 11 is 0. The summed E-state index contributed by atoms with van der Waals surface area (Å²) in [6.07, 6.45) is 2.44. The highest BCUT2D eigenvalue weighted by Crippen LogP contribution is 2.08. The number of imidazole rings is 1. The molecule has 0 atom stereocenters. The van der Waals surface area contributed by atoms with E-state index in [1.165, 1.54) is 0 Å². The highest BCUT2D eigenvalue weighted by molar-refractivity contribution is 5.78. The zero-order valence-corrected chi connectivity index (χ0v) is 7.95. The van der Waals surface area contributed by atoms with Crippen molar-refractivity contribution in [3.05, 3.63) is 17.7 Å². The highest BCUT2D eigenvalue weighted by Gasteiger charge is 2.18. The number of carbonyl (C=O) groups excluding carboxylic acids is 1. The van der Waals surface area contributed by atoms with Crippen LogP contribution in [-0.2, 0) is 17.8 Å². The summed E-state index contributed by atoms with van der Waals surface area (Å²) in [5.74, 6) is 1.05. The third-order valence-electron chi connectivity index (χ3n) is 2.39. The van der Waals surface area contributed by atoms with E-state index in [1.807, 2.05) is 20.2 Å². The lowest BCUT2D eigenvalue weighted by Crippen LogP contribution is -2.28. The Hall–Kier alpha value is -1.32. The fourth-order valence-electron chi connectivity index (χ4n) is 1.58. The first-order valence-corrected chi connectivity index (χ1v) is 4.43. The molecule has 0 saturated carbocycles. The van der Waals surface area contributed by atoms with Gasteiger partial charge in [-0.3, -0.25) is 4.79 Å².